The number of rotatable bonds is 4. The van der Waals surface area contributed by atoms with Gasteiger partial charge in [-0.1, -0.05) is 0 Å². The van der Waals surface area contributed by atoms with E-state index in [1.54, 1.807) is 12.3 Å². The summed E-state index contributed by atoms with van der Waals surface area (Å²) in [4.78, 5) is 22.9. The van der Waals surface area contributed by atoms with Crippen molar-refractivity contribution in [1.82, 2.24) is 9.88 Å². The third kappa shape index (κ3) is 3.79. The first-order valence-corrected chi connectivity index (χ1v) is 5.67. The van der Waals surface area contributed by atoms with Crippen molar-refractivity contribution in [3.63, 3.8) is 0 Å². The molecule has 1 heterocycles. The average Bonchev–Trinajstić information content (AvgIpc) is 2.23. The van der Waals surface area contributed by atoms with Gasteiger partial charge in [-0.25, -0.2) is 0 Å². The summed E-state index contributed by atoms with van der Waals surface area (Å²) in [5, 5.41) is 2.69. The second-order valence-corrected chi connectivity index (χ2v) is 4.43. The topological polar surface area (TPSA) is 77.1 Å². The number of nitrogens with zero attached hydrogens (tertiary/aromatic N) is 1. The zero-order valence-corrected chi connectivity index (χ0v) is 10.5. The number of halogens is 1. The smallest absolute Gasteiger partial charge is 0.251 e. The van der Waals surface area contributed by atoms with Crippen LogP contribution in [-0.4, -0.2) is 23.1 Å². The molecular formula is C10H14BrN3O2. The lowest BCUT2D eigenvalue weighted by atomic mass is 10.3. The molecule has 0 fully saturated rings. The second kappa shape index (κ2) is 5.81. The summed E-state index contributed by atoms with van der Waals surface area (Å²) in [5.74, 6) is -0.224. The van der Waals surface area contributed by atoms with Crippen molar-refractivity contribution in [1.29, 1.82) is 0 Å². The van der Waals surface area contributed by atoms with E-state index in [1.807, 2.05) is 6.92 Å². The standard InChI is InChI=1S/C10H14BrN3O2/c1-7(4-12)13-9(15)6-14-5-8(11)2-3-10(14)16/h2-3,5,7H,4,6,12H2,1H3,(H,13,15)/t7-/m0/s1. The van der Waals surface area contributed by atoms with Gasteiger partial charge in [0.2, 0.25) is 5.91 Å². The number of pyridine rings is 1. The summed E-state index contributed by atoms with van der Waals surface area (Å²) < 4.78 is 2.09. The van der Waals surface area contributed by atoms with E-state index in [0.717, 1.165) is 4.47 Å². The van der Waals surface area contributed by atoms with E-state index in [0.29, 0.717) is 6.54 Å². The highest BCUT2D eigenvalue weighted by Gasteiger charge is 2.07. The minimum absolute atomic E-state index is 0.00259. The summed E-state index contributed by atoms with van der Waals surface area (Å²) in [6.07, 6.45) is 1.58. The predicted octanol–water partition coefficient (Wildman–Crippen LogP) is 0.0742. The molecule has 1 aromatic rings. The first kappa shape index (κ1) is 12.9. The van der Waals surface area contributed by atoms with Crippen LogP contribution in [0, 0.1) is 0 Å². The maximum absolute atomic E-state index is 11.5. The molecule has 88 valence electrons. The third-order valence-electron chi connectivity index (χ3n) is 2.02. The van der Waals surface area contributed by atoms with E-state index >= 15 is 0 Å². The lowest BCUT2D eigenvalue weighted by Crippen LogP contribution is -2.40. The summed E-state index contributed by atoms with van der Waals surface area (Å²) in [5.41, 5.74) is 5.17. The quantitative estimate of drug-likeness (QED) is 0.823. The minimum Gasteiger partial charge on any atom is -0.351 e. The van der Waals surface area contributed by atoms with Gasteiger partial charge in [0.25, 0.3) is 5.56 Å². The van der Waals surface area contributed by atoms with Crippen LogP contribution in [0.1, 0.15) is 6.92 Å². The van der Waals surface area contributed by atoms with Crippen molar-refractivity contribution < 1.29 is 4.79 Å². The number of carbonyl (C=O) groups is 1. The van der Waals surface area contributed by atoms with Gasteiger partial charge < -0.3 is 15.6 Å². The van der Waals surface area contributed by atoms with Crippen molar-refractivity contribution in [3.8, 4) is 0 Å². The van der Waals surface area contributed by atoms with Crippen molar-refractivity contribution >= 4 is 21.8 Å². The van der Waals surface area contributed by atoms with Crippen LogP contribution in [0.5, 0.6) is 0 Å². The SMILES string of the molecule is C[C@@H](CN)NC(=O)Cn1cc(Br)ccc1=O. The zero-order chi connectivity index (χ0) is 12.1. The molecule has 0 aliphatic heterocycles. The van der Waals surface area contributed by atoms with Crippen LogP contribution >= 0.6 is 15.9 Å². The Balaban J connectivity index is 2.69. The van der Waals surface area contributed by atoms with E-state index in [9.17, 15) is 9.59 Å². The van der Waals surface area contributed by atoms with Gasteiger partial charge in [-0.05, 0) is 28.9 Å². The molecule has 3 N–H and O–H groups in total. The Bertz CT molecular complexity index is 430. The van der Waals surface area contributed by atoms with E-state index < -0.39 is 0 Å². The van der Waals surface area contributed by atoms with Gasteiger partial charge in [-0.2, -0.15) is 0 Å². The zero-order valence-electron chi connectivity index (χ0n) is 8.94. The van der Waals surface area contributed by atoms with Crippen molar-refractivity contribution in [2.24, 2.45) is 5.73 Å². The van der Waals surface area contributed by atoms with Gasteiger partial charge in [0.05, 0.1) is 0 Å². The average molecular weight is 288 g/mol. The van der Waals surface area contributed by atoms with Crippen LogP contribution in [-0.2, 0) is 11.3 Å². The molecule has 0 aliphatic carbocycles. The number of nitrogens with two attached hydrogens (primary N) is 1. The molecule has 0 radical (unpaired) electrons. The maximum atomic E-state index is 11.5. The fraction of sp³-hybridized carbons (Fsp3) is 0.400. The molecule has 0 aromatic carbocycles. The predicted molar refractivity (Wildman–Crippen MR) is 65.1 cm³/mol. The Kier molecular flexibility index (Phi) is 4.70. The van der Waals surface area contributed by atoms with Crippen molar-refractivity contribution in [2.75, 3.05) is 6.54 Å². The molecule has 6 heteroatoms. The number of aromatic nitrogens is 1. The fourth-order valence-electron chi connectivity index (χ4n) is 1.16. The number of nitrogens with one attached hydrogen (secondary N) is 1. The van der Waals surface area contributed by atoms with Crippen LogP contribution in [0.4, 0.5) is 0 Å². The Morgan fingerprint density at radius 3 is 2.94 bits per heavy atom. The van der Waals surface area contributed by atoms with E-state index in [2.05, 4.69) is 21.2 Å². The molecule has 1 rings (SSSR count). The Hall–Kier alpha value is -1.14. The fourth-order valence-corrected chi connectivity index (χ4v) is 1.54. The van der Waals surface area contributed by atoms with E-state index in [4.69, 9.17) is 5.73 Å². The molecule has 0 saturated heterocycles. The molecule has 0 unspecified atom stereocenters. The van der Waals surface area contributed by atoms with Crippen LogP contribution in [0.15, 0.2) is 27.6 Å². The Labute approximate surface area is 102 Å². The highest BCUT2D eigenvalue weighted by atomic mass is 79.9. The largest absolute Gasteiger partial charge is 0.351 e. The summed E-state index contributed by atoms with van der Waals surface area (Å²) in [6.45, 7) is 2.18. The van der Waals surface area contributed by atoms with Gasteiger partial charge in [0, 0.05) is 29.3 Å². The molecule has 0 bridgehead atoms. The highest BCUT2D eigenvalue weighted by molar-refractivity contribution is 9.10. The lowest BCUT2D eigenvalue weighted by Gasteiger charge is -2.12. The van der Waals surface area contributed by atoms with Crippen LogP contribution in [0.3, 0.4) is 0 Å². The molecule has 0 spiro atoms. The number of hydrogen-bond acceptors (Lipinski definition) is 3. The van der Waals surface area contributed by atoms with Crippen LogP contribution in [0.25, 0.3) is 0 Å². The number of amides is 1. The molecular weight excluding hydrogens is 274 g/mol. The van der Waals surface area contributed by atoms with E-state index in [1.165, 1.54) is 10.6 Å². The summed E-state index contributed by atoms with van der Waals surface area (Å²) >= 11 is 3.24. The molecule has 5 nitrogen and oxygen atoms in total. The number of hydrogen-bond donors (Lipinski definition) is 2. The second-order valence-electron chi connectivity index (χ2n) is 3.52. The van der Waals surface area contributed by atoms with E-state index in [-0.39, 0.29) is 24.1 Å². The molecule has 0 saturated carbocycles. The first-order valence-electron chi connectivity index (χ1n) is 4.88. The molecule has 1 atom stereocenters. The van der Waals surface area contributed by atoms with Gasteiger partial charge in [-0.15, -0.1) is 0 Å². The van der Waals surface area contributed by atoms with Crippen LogP contribution in [0.2, 0.25) is 0 Å². The Morgan fingerprint density at radius 1 is 1.62 bits per heavy atom. The molecule has 1 amide bonds. The monoisotopic (exact) mass is 287 g/mol. The first-order chi connectivity index (χ1) is 7.52. The van der Waals surface area contributed by atoms with Gasteiger partial charge >= 0.3 is 0 Å². The maximum Gasteiger partial charge on any atom is 0.251 e. The van der Waals surface area contributed by atoms with Crippen molar-refractivity contribution in [3.05, 3.63) is 33.2 Å². The summed E-state index contributed by atoms with van der Waals surface area (Å²) in [6, 6.07) is 2.96. The van der Waals surface area contributed by atoms with Gasteiger partial charge in [0.15, 0.2) is 0 Å². The minimum atomic E-state index is -0.224. The third-order valence-corrected chi connectivity index (χ3v) is 2.49. The molecule has 1 aromatic heterocycles. The normalized spacial score (nSPS) is 12.2. The highest BCUT2D eigenvalue weighted by Crippen LogP contribution is 2.04. The molecule has 16 heavy (non-hydrogen) atoms. The Morgan fingerprint density at radius 2 is 2.31 bits per heavy atom. The lowest BCUT2D eigenvalue weighted by molar-refractivity contribution is -0.122. The van der Waals surface area contributed by atoms with Crippen LogP contribution < -0.4 is 16.6 Å². The van der Waals surface area contributed by atoms with Crippen molar-refractivity contribution in [2.45, 2.75) is 19.5 Å². The van der Waals surface area contributed by atoms with Gasteiger partial charge in [-0.3, -0.25) is 9.59 Å². The van der Waals surface area contributed by atoms with Gasteiger partial charge in [0.1, 0.15) is 6.54 Å². The molecule has 0 aliphatic rings. The number of carbonyl (C=O) groups excluding carboxylic acids is 1. The summed E-state index contributed by atoms with van der Waals surface area (Å²) in [7, 11) is 0.